The number of rotatable bonds is 1. The molecule has 1 aromatic rings. The second-order valence-corrected chi connectivity index (χ2v) is 5.01. The van der Waals surface area contributed by atoms with Gasteiger partial charge in [-0.3, -0.25) is 0 Å². The average Bonchev–Trinajstić information content (AvgIpc) is 2.48. The molecule has 1 aromatic carbocycles. The topological polar surface area (TPSA) is 35.2 Å². The van der Waals surface area contributed by atoms with Crippen LogP contribution in [-0.2, 0) is 10.3 Å². The molecule has 1 aliphatic rings. The molecule has 88 valence electrons. The smallest absolute Gasteiger partial charge is 0.0642 e. The maximum absolute atomic E-state index is 6.43. The van der Waals surface area contributed by atoms with Gasteiger partial charge in [-0.25, -0.2) is 0 Å². The van der Waals surface area contributed by atoms with Crippen LogP contribution < -0.4 is 5.73 Å². The summed E-state index contributed by atoms with van der Waals surface area (Å²) in [5.41, 5.74) is 6.96. The van der Waals surface area contributed by atoms with E-state index in [1.165, 1.54) is 0 Å². The molecule has 1 heterocycles. The second-order valence-electron chi connectivity index (χ2n) is 4.22. The highest BCUT2D eigenvalue weighted by Gasteiger charge is 2.31. The Morgan fingerprint density at radius 3 is 2.81 bits per heavy atom. The number of benzene rings is 1. The van der Waals surface area contributed by atoms with Crippen LogP contribution in [0, 0.1) is 0 Å². The van der Waals surface area contributed by atoms with E-state index in [-0.39, 0.29) is 0 Å². The van der Waals surface area contributed by atoms with Crippen molar-refractivity contribution < 1.29 is 4.74 Å². The normalized spacial score (nSPS) is 26.4. The van der Waals surface area contributed by atoms with E-state index in [0.29, 0.717) is 16.7 Å². The molecule has 4 heteroatoms. The van der Waals surface area contributed by atoms with Gasteiger partial charge in [-0.05, 0) is 30.9 Å². The van der Waals surface area contributed by atoms with Crippen molar-refractivity contribution in [3.8, 4) is 0 Å². The quantitative estimate of drug-likeness (QED) is 0.840. The molecule has 1 atom stereocenters. The van der Waals surface area contributed by atoms with Gasteiger partial charge in [0, 0.05) is 18.8 Å². The van der Waals surface area contributed by atoms with Gasteiger partial charge in [-0.1, -0.05) is 35.3 Å². The fourth-order valence-electron chi connectivity index (χ4n) is 2.13. The zero-order valence-corrected chi connectivity index (χ0v) is 10.5. The Hall–Kier alpha value is -0.280. The van der Waals surface area contributed by atoms with Crippen molar-refractivity contribution in [1.82, 2.24) is 0 Å². The Balaban J connectivity index is 2.37. The number of hydrogen-bond acceptors (Lipinski definition) is 2. The van der Waals surface area contributed by atoms with Crippen LogP contribution in [0.15, 0.2) is 18.2 Å². The predicted octanol–water partition coefficient (Wildman–Crippen LogP) is 3.35. The van der Waals surface area contributed by atoms with E-state index < -0.39 is 5.54 Å². The molecule has 0 radical (unpaired) electrons. The van der Waals surface area contributed by atoms with Gasteiger partial charge in [0.15, 0.2) is 0 Å². The van der Waals surface area contributed by atoms with Gasteiger partial charge in [-0.15, -0.1) is 0 Å². The van der Waals surface area contributed by atoms with Crippen molar-refractivity contribution in [2.24, 2.45) is 5.73 Å². The SMILES string of the molecule is NC1(c2cccc(Cl)c2Cl)CCCOCC1. The van der Waals surface area contributed by atoms with E-state index in [1.54, 1.807) is 6.07 Å². The van der Waals surface area contributed by atoms with Crippen LogP contribution in [-0.4, -0.2) is 13.2 Å². The summed E-state index contributed by atoms with van der Waals surface area (Å²) in [6, 6.07) is 5.63. The molecule has 1 fully saturated rings. The highest BCUT2D eigenvalue weighted by atomic mass is 35.5. The molecule has 2 nitrogen and oxygen atoms in total. The molecule has 2 N–H and O–H groups in total. The lowest BCUT2D eigenvalue weighted by Crippen LogP contribution is -2.37. The lowest BCUT2D eigenvalue weighted by molar-refractivity contribution is 0.139. The minimum atomic E-state index is -0.404. The zero-order chi connectivity index (χ0) is 11.6. The first-order chi connectivity index (χ1) is 7.63. The van der Waals surface area contributed by atoms with Crippen LogP contribution in [0.3, 0.4) is 0 Å². The highest BCUT2D eigenvalue weighted by Crippen LogP contribution is 2.37. The molecule has 0 aliphatic carbocycles. The monoisotopic (exact) mass is 259 g/mol. The van der Waals surface area contributed by atoms with Crippen LogP contribution >= 0.6 is 23.2 Å². The predicted molar refractivity (Wildman–Crippen MR) is 67.0 cm³/mol. The minimum Gasteiger partial charge on any atom is -0.381 e. The molecule has 16 heavy (non-hydrogen) atoms. The third kappa shape index (κ3) is 2.35. The van der Waals surface area contributed by atoms with E-state index in [4.69, 9.17) is 33.7 Å². The van der Waals surface area contributed by atoms with Gasteiger partial charge in [0.05, 0.1) is 10.0 Å². The molecule has 0 bridgehead atoms. The minimum absolute atomic E-state index is 0.404. The van der Waals surface area contributed by atoms with Crippen LogP contribution in [0.1, 0.15) is 24.8 Å². The van der Waals surface area contributed by atoms with Crippen molar-refractivity contribution in [3.63, 3.8) is 0 Å². The van der Waals surface area contributed by atoms with Crippen LogP contribution in [0.2, 0.25) is 10.0 Å². The van der Waals surface area contributed by atoms with Crippen molar-refractivity contribution in [2.45, 2.75) is 24.8 Å². The van der Waals surface area contributed by atoms with E-state index in [0.717, 1.165) is 31.4 Å². The third-order valence-electron chi connectivity index (χ3n) is 3.09. The first-order valence-electron chi connectivity index (χ1n) is 5.45. The first-order valence-corrected chi connectivity index (χ1v) is 6.20. The summed E-state index contributed by atoms with van der Waals surface area (Å²) in [4.78, 5) is 0. The van der Waals surface area contributed by atoms with Crippen LogP contribution in [0.25, 0.3) is 0 Å². The largest absolute Gasteiger partial charge is 0.381 e. The van der Waals surface area contributed by atoms with Crippen molar-refractivity contribution in [1.29, 1.82) is 0 Å². The van der Waals surface area contributed by atoms with E-state index in [2.05, 4.69) is 0 Å². The summed E-state index contributed by atoms with van der Waals surface area (Å²) in [7, 11) is 0. The Labute approximate surface area is 106 Å². The fraction of sp³-hybridized carbons (Fsp3) is 0.500. The first kappa shape index (κ1) is 12.2. The molecule has 1 saturated heterocycles. The van der Waals surface area contributed by atoms with Gasteiger partial charge >= 0.3 is 0 Å². The van der Waals surface area contributed by atoms with E-state index >= 15 is 0 Å². The third-order valence-corrected chi connectivity index (χ3v) is 3.91. The van der Waals surface area contributed by atoms with Gasteiger partial charge < -0.3 is 10.5 Å². The van der Waals surface area contributed by atoms with Gasteiger partial charge in [0.1, 0.15) is 0 Å². The van der Waals surface area contributed by atoms with Crippen molar-refractivity contribution >= 4 is 23.2 Å². The average molecular weight is 260 g/mol. The number of hydrogen-bond donors (Lipinski definition) is 1. The van der Waals surface area contributed by atoms with Gasteiger partial charge in [0.2, 0.25) is 0 Å². The fourth-order valence-corrected chi connectivity index (χ4v) is 2.62. The summed E-state index contributed by atoms with van der Waals surface area (Å²) < 4.78 is 5.43. The van der Waals surface area contributed by atoms with E-state index in [9.17, 15) is 0 Å². The summed E-state index contributed by atoms with van der Waals surface area (Å²) >= 11 is 12.2. The maximum atomic E-state index is 6.43. The lowest BCUT2D eigenvalue weighted by Gasteiger charge is -2.29. The molecule has 2 rings (SSSR count). The summed E-state index contributed by atoms with van der Waals surface area (Å²) in [5.74, 6) is 0. The molecule has 0 spiro atoms. The Kier molecular flexibility index (Phi) is 3.75. The van der Waals surface area contributed by atoms with E-state index in [1.807, 2.05) is 12.1 Å². The number of nitrogens with two attached hydrogens (primary N) is 1. The summed E-state index contributed by atoms with van der Waals surface area (Å²) in [6.45, 7) is 1.45. The molecule has 0 amide bonds. The summed E-state index contributed by atoms with van der Waals surface area (Å²) in [5, 5.41) is 1.14. The molecular weight excluding hydrogens is 245 g/mol. The van der Waals surface area contributed by atoms with Crippen LogP contribution in [0.5, 0.6) is 0 Å². The second kappa shape index (κ2) is 4.92. The summed E-state index contributed by atoms with van der Waals surface area (Å²) in [6.07, 6.45) is 2.62. The molecule has 1 unspecified atom stereocenters. The molecule has 0 aromatic heterocycles. The van der Waals surface area contributed by atoms with Crippen molar-refractivity contribution in [3.05, 3.63) is 33.8 Å². The number of ether oxygens (including phenoxy) is 1. The molecule has 0 saturated carbocycles. The van der Waals surface area contributed by atoms with Gasteiger partial charge in [-0.2, -0.15) is 0 Å². The standard InChI is InChI=1S/C12H15Cl2NO/c13-10-4-1-3-9(11(10)14)12(15)5-2-7-16-8-6-12/h1,3-4H,2,5-8,15H2. The van der Waals surface area contributed by atoms with Crippen LogP contribution in [0.4, 0.5) is 0 Å². The molecule has 1 aliphatic heterocycles. The Morgan fingerprint density at radius 2 is 2.00 bits per heavy atom. The Bertz CT molecular complexity index is 373. The lowest BCUT2D eigenvalue weighted by atomic mass is 9.84. The van der Waals surface area contributed by atoms with Gasteiger partial charge in [0.25, 0.3) is 0 Å². The zero-order valence-electron chi connectivity index (χ0n) is 9.01. The Morgan fingerprint density at radius 1 is 1.19 bits per heavy atom. The number of halogens is 2. The maximum Gasteiger partial charge on any atom is 0.0642 e. The molecular formula is C12H15Cl2NO. The highest BCUT2D eigenvalue weighted by molar-refractivity contribution is 6.42. The van der Waals surface area contributed by atoms with Crippen molar-refractivity contribution in [2.75, 3.05) is 13.2 Å².